The van der Waals surface area contributed by atoms with Gasteiger partial charge in [-0.1, -0.05) is 19.1 Å². The van der Waals surface area contributed by atoms with E-state index in [0.29, 0.717) is 5.92 Å². The van der Waals surface area contributed by atoms with Crippen LogP contribution < -0.4 is 0 Å². The number of hydrogen-bond acceptors (Lipinski definition) is 4. The molecular formula is C22H24N4O. The van der Waals surface area contributed by atoms with Crippen molar-refractivity contribution < 1.29 is 4.79 Å². The molecule has 1 fully saturated rings. The first kappa shape index (κ1) is 17.6. The lowest BCUT2D eigenvalue weighted by molar-refractivity contribution is 0.0685. The Morgan fingerprint density at radius 3 is 2.70 bits per heavy atom. The standard InChI is InChI=1S/C22H24N4O/c1-14-5-4-8-26(12-14)22(27)19-9-20(17-10-23-13-24-11-17)25-21-16(3)15(2)6-7-18(19)21/h6-7,9-11,13-14H,4-5,8,12H2,1-3H3/t14-/m1/s1. The van der Waals surface area contributed by atoms with Crippen LogP contribution in [0.3, 0.4) is 0 Å². The van der Waals surface area contributed by atoms with Crippen LogP contribution in [0.15, 0.2) is 36.9 Å². The number of carbonyl (C=O) groups excluding carboxylic acids is 1. The normalized spacial score (nSPS) is 17.3. The smallest absolute Gasteiger partial charge is 0.254 e. The van der Waals surface area contributed by atoms with Gasteiger partial charge in [-0.15, -0.1) is 0 Å². The third-order valence-electron chi connectivity index (χ3n) is 5.54. The van der Waals surface area contributed by atoms with Crippen molar-refractivity contribution in [3.05, 3.63) is 53.6 Å². The lowest BCUT2D eigenvalue weighted by Gasteiger charge is -2.31. The van der Waals surface area contributed by atoms with Crippen LogP contribution in [-0.4, -0.2) is 38.8 Å². The van der Waals surface area contributed by atoms with Crippen molar-refractivity contribution in [3.63, 3.8) is 0 Å². The monoisotopic (exact) mass is 360 g/mol. The van der Waals surface area contributed by atoms with Gasteiger partial charge in [0.25, 0.3) is 5.91 Å². The van der Waals surface area contributed by atoms with Gasteiger partial charge in [0.05, 0.1) is 16.8 Å². The highest BCUT2D eigenvalue weighted by molar-refractivity contribution is 6.08. The number of nitrogens with zero attached hydrogens (tertiary/aromatic N) is 4. The van der Waals surface area contributed by atoms with Crippen LogP contribution in [0.5, 0.6) is 0 Å². The van der Waals surface area contributed by atoms with Gasteiger partial charge in [-0.2, -0.15) is 0 Å². The third kappa shape index (κ3) is 3.29. The first-order valence-electron chi connectivity index (χ1n) is 9.50. The van der Waals surface area contributed by atoms with Crippen LogP contribution in [0.25, 0.3) is 22.2 Å². The second-order valence-corrected chi connectivity index (χ2v) is 7.58. The second-order valence-electron chi connectivity index (χ2n) is 7.58. The number of carbonyl (C=O) groups is 1. The van der Waals surface area contributed by atoms with E-state index in [2.05, 4.69) is 36.8 Å². The van der Waals surface area contributed by atoms with E-state index in [1.807, 2.05) is 17.0 Å². The number of aromatic nitrogens is 3. The molecule has 138 valence electrons. The molecular weight excluding hydrogens is 336 g/mol. The molecule has 1 aromatic carbocycles. The van der Waals surface area contributed by atoms with E-state index in [-0.39, 0.29) is 5.91 Å². The summed E-state index contributed by atoms with van der Waals surface area (Å²) in [5.74, 6) is 0.636. The topological polar surface area (TPSA) is 59.0 Å². The van der Waals surface area contributed by atoms with E-state index in [9.17, 15) is 4.79 Å². The summed E-state index contributed by atoms with van der Waals surface area (Å²) in [5, 5.41) is 0.918. The Hall–Kier alpha value is -2.82. The summed E-state index contributed by atoms with van der Waals surface area (Å²) in [6.45, 7) is 7.99. The van der Waals surface area contributed by atoms with Crippen molar-refractivity contribution in [3.8, 4) is 11.3 Å². The molecule has 2 aromatic heterocycles. The van der Waals surface area contributed by atoms with Gasteiger partial charge in [0.15, 0.2) is 0 Å². The molecule has 0 aliphatic carbocycles. The molecule has 0 unspecified atom stereocenters. The van der Waals surface area contributed by atoms with Gasteiger partial charge in [-0.3, -0.25) is 4.79 Å². The highest BCUT2D eigenvalue weighted by Gasteiger charge is 2.25. The Morgan fingerprint density at radius 1 is 1.19 bits per heavy atom. The average Bonchev–Trinajstić information content (AvgIpc) is 2.70. The van der Waals surface area contributed by atoms with Crippen molar-refractivity contribution in [1.29, 1.82) is 0 Å². The Labute approximate surface area is 159 Å². The molecule has 5 nitrogen and oxygen atoms in total. The van der Waals surface area contributed by atoms with Crippen molar-refractivity contribution in [2.75, 3.05) is 13.1 Å². The van der Waals surface area contributed by atoms with E-state index in [1.54, 1.807) is 12.4 Å². The summed E-state index contributed by atoms with van der Waals surface area (Å²) in [5.41, 5.74) is 5.43. The summed E-state index contributed by atoms with van der Waals surface area (Å²) in [4.78, 5) is 28.5. The lowest BCUT2D eigenvalue weighted by Crippen LogP contribution is -2.39. The molecule has 5 heteroatoms. The quantitative estimate of drug-likeness (QED) is 0.688. The Balaban J connectivity index is 1.90. The van der Waals surface area contributed by atoms with E-state index >= 15 is 0 Å². The first-order valence-corrected chi connectivity index (χ1v) is 9.50. The SMILES string of the molecule is Cc1ccc2c(C(=O)N3CCC[C@@H](C)C3)cc(-c3cncnc3)nc2c1C. The first-order chi connectivity index (χ1) is 13.0. The van der Waals surface area contributed by atoms with Crippen LogP contribution >= 0.6 is 0 Å². The number of fused-ring (bicyclic) bond motifs is 1. The molecule has 1 saturated heterocycles. The maximum atomic E-state index is 13.4. The molecule has 0 spiro atoms. The van der Waals surface area contributed by atoms with Crippen molar-refractivity contribution >= 4 is 16.8 Å². The van der Waals surface area contributed by atoms with Gasteiger partial charge in [0.1, 0.15) is 6.33 Å². The molecule has 0 bridgehead atoms. The average molecular weight is 360 g/mol. The Bertz CT molecular complexity index is 1000. The molecule has 4 rings (SSSR count). The molecule has 0 radical (unpaired) electrons. The molecule has 1 aliphatic rings. The molecule has 1 amide bonds. The largest absolute Gasteiger partial charge is 0.338 e. The fourth-order valence-corrected chi connectivity index (χ4v) is 3.83. The number of pyridine rings is 1. The highest BCUT2D eigenvalue weighted by atomic mass is 16.2. The highest BCUT2D eigenvalue weighted by Crippen LogP contribution is 2.29. The van der Waals surface area contributed by atoms with E-state index < -0.39 is 0 Å². The molecule has 3 aromatic rings. The molecule has 1 aliphatic heterocycles. The summed E-state index contributed by atoms with van der Waals surface area (Å²) < 4.78 is 0. The molecule has 27 heavy (non-hydrogen) atoms. The molecule has 0 N–H and O–H groups in total. The van der Waals surface area contributed by atoms with Crippen molar-refractivity contribution in [2.45, 2.75) is 33.6 Å². The minimum Gasteiger partial charge on any atom is -0.338 e. The summed E-state index contributed by atoms with van der Waals surface area (Å²) in [7, 11) is 0. The van der Waals surface area contributed by atoms with Crippen molar-refractivity contribution in [2.24, 2.45) is 5.92 Å². The van der Waals surface area contributed by atoms with Gasteiger partial charge in [0, 0.05) is 36.4 Å². The van der Waals surface area contributed by atoms with Gasteiger partial charge >= 0.3 is 0 Å². The van der Waals surface area contributed by atoms with Gasteiger partial charge in [0.2, 0.25) is 0 Å². The predicted molar refractivity (Wildman–Crippen MR) is 107 cm³/mol. The maximum absolute atomic E-state index is 13.4. The minimum atomic E-state index is 0.0929. The fraction of sp³-hybridized carbons (Fsp3) is 0.364. The zero-order valence-electron chi connectivity index (χ0n) is 16.1. The Morgan fingerprint density at radius 2 is 1.96 bits per heavy atom. The fourth-order valence-electron chi connectivity index (χ4n) is 3.83. The predicted octanol–water partition coefficient (Wildman–Crippen LogP) is 4.18. The third-order valence-corrected chi connectivity index (χ3v) is 5.54. The van der Waals surface area contributed by atoms with E-state index in [0.717, 1.165) is 52.8 Å². The second kappa shape index (κ2) is 7.06. The van der Waals surface area contributed by atoms with Crippen LogP contribution in [-0.2, 0) is 0 Å². The number of likely N-dealkylation sites (tertiary alicyclic amines) is 1. The number of aryl methyl sites for hydroxylation is 2. The van der Waals surface area contributed by atoms with Gasteiger partial charge in [-0.05, 0) is 49.8 Å². The van der Waals surface area contributed by atoms with Gasteiger partial charge < -0.3 is 4.90 Å². The molecule has 1 atom stereocenters. The number of amides is 1. The summed E-state index contributed by atoms with van der Waals surface area (Å²) >= 11 is 0. The van der Waals surface area contributed by atoms with Crippen molar-refractivity contribution in [1.82, 2.24) is 19.9 Å². The number of rotatable bonds is 2. The number of benzene rings is 1. The summed E-state index contributed by atoms with van der Waals surface area (Å²) in [6, 6.07) is 5.99. The van der Waals surface area contributed by atoms with E-state index in [4.69, 9.17) is 4.98 Å². The zero-order valence-corrected chi connectivity index (χ0v) is 16.1. The van der Waals surface area contributed by atoms with Crippen LogP contribution in [0.1, 0.15) is 41.3 Å². The number of hydrogen-bond donors (Lipinski definition) is 0. The van der Waals surface area contributed by atoms with Crippen LogP contribution in [0.2, 0.25) is 0 Å². The molecule has 0 saturated carbocycles. The Kier molecular flexibility index (Phi) is 4.60. The zero-order chi connectivity index (χ0) is 19.0. The lowest BCUT2D eigenvalue weighted by atomic mass is 9.96. The van der Waals surface area contributed by atoms with Crippen LogP contribution in [0, 0.1) is 19.8 Å². The minimum absolute atomic E-state index is 0.0929. The van der Waals surface area contributed by atoms with Crippen LogP contribution in [0.4, 0.5) is 0 Å². The number of piperidine rings is 1. The summed E-state index contributed by atoms with van der Waals surface area (Å²) in [6.07, 6.45) is 7.23. The van der Waals surface area contributed by atoms with E-state index in [1.165, 1.54) is 18.3 Å². The maximum Gasteiger partial charge on any atom is 0.254 e. The molecule has 3 heterocycles. The van der Waals surface area contributed by atoms with Gasteiger partial charge in [-0.25, -0.2) is 15.0 Å².